The number of fused-ring (bicyclic) bond motifs is 7. The first-order chi connectivity index (χ1) is 20.7. The van der Waals surface area contributed by atoms with Gasteiger partial charge < -0.3 is 24.8 Å². The van der Waals surface area contributed by atoms with Crippen molar-refractivity contribution in [3.63, 3.8) is 0 Å². The van der Waals surface area contributed by atoms with Gasteiger partial charge >= 0.3 is 23.1 Å². The molecule has 3 aromatic heterocycles. The molecular formula is C31H31F3N4O5S. The highest BCUT2D eigenvalue weighted by Gasteiger charge is 2.43. The fraction of sp³-hybridized carbons (Fsp3) is 0.323. The molecule has 1 aliphatic rings. The second kappa shape index (κ2) is 11.6. The molecule has 1 unspecified atom stereocenters. The Morgan fingerprint density at radius 1 is 1.09 bits per heavy atom. The molecule has 1 aliphatic heterocycles. The van der Waals surface area contributed by atoms with Crippen molar-refractivity contribution in [3.8, 4) is 22.6 Å². The van der Waals surface area contributed by atoms with Gasteiger partial charge in [0.15, 0.2) is 5.69 Å². The Kier molecular flexibility index (Phi) is 8.21. The number of alkyl halides is 3. The Hall–Kier alpha value is -4.36. The minimum Gasteiger partial charge on any atom is -0.661 e. The van der Waals surface area contributed by atoms with Crippen LogP contribution in [-0.2, 0) is 25.8 Å². The van der Waals surface area contributed by atoms with Crippen LogP contribution in [0.15, 0.2) is 60.7 Å². The molecule has 0 saturated carbocycles. The number of aryl methyl sites for hydroxylation is 1. The lowest BCUT2D eigenvalue weighted by molar-refractivity contribution is -0.689. The number of rotatable bonds is 4. The minimum absolute atomic E-state index is 0.0667. The third-order valence-electron chi connectivity index (χ3n) is 7.18. The fourth-order valence-corrected chi connectivity index (χ4v) is 6.71. The molecule has 1 atom stereocenters. The second-order valence-electron chi connectivity index (χ2n) is 11.4. The van der Waals surface area contributed by atoms with Crippen molar-refractivity contribution in [2.45, 2.75) is 58.4 Å². The number of halogens is 3. The summed E-state index contributed by atoms with van der Waals surface area (Å²) in [6, 6.07) is 21.3. The van der Waals surface area contributed by atoms with E-state index >= 15 is 0 Å². The molecule has 1 N–H and O–H groups in total. The number of anilines is 1. The van der Waals surface area contributed by atoms with Crippen LogP contribution in [0.4, 0.5) is 19.0 Å². The SMILES string of the molecule is COC(=O)CC1Cn2c(cc3ccccc32)-c2c(NC(C)(C)C)n3c(-c4ccccc4)c(C)sc3[n+]21.O=C(O[O-])C(F)(F)F. The fourth-order valence-electron chi connectivity index (χ4n) is 5.52. The van der Waals surface area contributed by atoms with Gasteiger partial charge in [0.1, 0.15) is 6.04 Å². The average Bonchev–Trinajstić information content (AvgIpc) is 3.60. The third-order valence-corrected chi connectivity index (χ3v) is 8.24. The van der Waals surface area contributed by atoms with E-state index in [1.807, 2.05) is 0 Å². The van der Waals surface area contributed by atoms with Crippen molar-refractivity contribution in [3.05, 3.63) is 65.5 Å². The largest absolute Gasteiger partial charge is 0.661 e. The van der Waals surface area contributed by atoms with E-state index in [2.05, 4.69) is 112 Å². The Morgan fingerprint density at radius 3 is 2.34 bits per heavy atom. The molecule has 0 aliphatic carbocycles. The highest BCUT2D eigenvalue weighted by Crippen LogP contribution is 2.43. The van der Waals surface area contributed by atoms with E-state index in [9.17, 15) is 22.8 Å². The Morgan fingerprint density at radius 2 is 1.75 bits per heavy atom. The molecule has 0 bridgehead atoms. The summed E-state index contributed by atoms with van der Waals surface area (Å²) in [5.41, 5.74) is 5.66. The summed E-state index contributed by atoms with van der Waals surface area (Å²) >= 11 is 1.78. The van der Waals surface area contributed by atoms with Crippen LogP contribution in [0.2, 0.25) is 0 Å². The van der Waals surface area contributed by atoms with Crippen LogP contribution in [0.25, 0.3) is 38.5 Å². The summed E-state index contributed by atoms with van der Waals surface area (Å²) in [4.78, 5) is 26.2. The summed E-state index contributed by atoms with van der Waals surface area (Å²) in [5.74, 6) is -1.86. The van der Waals surface area contributed by atoms with Crippen LogP contribution >= 0.6 is 11.3 Å². The number of esters is 1. The van der Waals surface area contributed by atoms with Gasteiger partial charge in [-0.2, -0.15) is 17.6 Å². The summed E-state index contributed by atoms with van der Waals surface area (Å²) in [6.45, 7) is 9.46. The van der Waals surface area contributed by atoms with Crippen molar-refractivity contribution in [2.75, 3.05) is 12.4 Å². The van der Waals surface area contributed by atoms with E-state index < -0.39 is 12.1 Å². The number of ether oxygens (including phenoxy) is 1. The van der Waals surface area contributed by atoms with E-state index in [0.717, 1.165) is 22.2 Å². The number of para-hydroxylation sites is 1. The number of benzene rings is 2. The van der Waals surface area contributed by atoms with Gasteiger partial charge in [-0.1, -0.05) is 59.9 Å². The number of carbonyl (C=O) groups is 2. The predicted molar refractivity (Wildman–Crippen MR) is 158 cm³/mol. The van der Waals surface area contributed by atoms with E-state index in [1.165, 1.54) is 34.1 Å². The zero-order valence-corrected chi connectivity index (χ0v) is 25.5. The summed E-state index contributed by atoms with van der Waals surface area (Å²) < 4.78 is 44.6. The van der Waals surface area contributed by atoms with Crippen molar-refractivity contribution in [2.24, 2.45) is 0 Å². The molecular weight excluding hydrogens is 597 g/mol. The normalized spacial score (nSPS) is 14.4. The average molecular weight is 629 g/mol. The highest BCUT2D eigenvalue weighted by atomic mass is 32.1. The van der Waals surface area contributed by atoms with Crippen molar-refractivity contribution >= 4 is 45.0 Å². The molecule has 13 heteroatoms. The molecule has 0 spiro atoms. The monoisotopic (exact) mass is 628 g/mol. The van der Waals surface area contributed by atoms with Gasteiger partial charge in [0.2, 0.25) is 5.69 Å². The number of thiazole rings is 1. The summed E-state index contributed by atoms with van der Waals surface area (Å²) in [5, 5.41) is 13.8. The zero-order chi connectivity index (χ0) is 32.0. The minimum atomic E-state index is -5.16. The molecule has 9 nitrogen and oxygen atoms in total. The van der Waals surface area contributed by atoms with Gasteiger partial charge in [-0.05, 0) is 39.8 Å². The van der Waals surface area contributed by atoms with Crippen molar-refractivity contribution < 1.29 is 42.2 Å². The van der Waals surface area contributed by atoms with E-state index in [0.29, 0.717) is 13.0 Å². The van der Waals surface area contributed by atoms with Crippen LogP contribution in [0, 0.1) is 6.92 Å². The molecule has 6 rings (SSSR count). The van der Waals surface area contributed by atoms with Crippen LogP contribution in [0.1, 0.15) is 38.1 Å². The van der Waals surface area contributed by atoms with Crippen molar-refractivity contribution in [1.29, 1.82) is 0 Å². The van der Waals surface area contributed by atoms with Gasteiger partial charge in [-0.3, -0.25) is 4.79 Å². The van der Waals surface area contributed by atoms with Crippen molar-refractivity contribution in [1.82, 2.24) is 8.97 Å². The molecule has 4 heterocycles. The first-order valence-electron chi connectivity index (χ1n) is 13.7. The smallest absolute Gasteiger partial charge is 0.490 e. The topological polar surface area (TPSA) is 101 Å². The van der Waals surface area contributed by atoms with E-state index in [-0.39, 0.29) is 17.6 Å². The Balaban J connectivity index is 0.000000426. The Labute approximate surface area is 255 Å². The number of nitrogens with zero attached hydrogens (tertiary/aromatic N) is 3. The number of methoxy groups -OCH3 is 1. The number of carbonyl (C=O) groups excluding carboxylic acids is 2. The first kappa shape index (κ1) is 31.1. The molecule has 5 aromatic rings. The van der Waals surface area contributed by atoms with Gasteiger partial charge in [-0.25, -0.2) is 9.36 Å². The molecule has 0 amide bonds. The van der Waals surface area contributed by atoms with Crippen LogP contribution in [-0.4, -0.2) is 39.7 Å². The number of hydrogen-bond acceptors (Lipinski definition) is 7. The lowest BCUT2D eigenvalue weighted by Crippen LogP contribution is -2.47. The maximum Gasteiger partial charge on any atom is 0.490 e. The van der Waals surface area contributed by atoms with E-state index in [4.69, 9.17) is 9.99 Å². The maximum atomic E-state index is 12.6. The zero-order valence-electron chi connectivity index (χ0n) is 24.7. The van der Waals surface area contributed by atoms with Gasteiger partial charge in [0.25, 0.3) is 5.82 Å². The molecule has 0 saturated heterocycles. The van der Waals surface area contributed by atoms with Gasteiger partial charge in [0.05, 0.1) is 30.6 Å². The third kappa shape index (κ3) is 5.76. The van der Waals surface area contributed by atoms with E-state index in [1.54, 1.807) is 11.3 Å². The summed E-state index contributed by atoms with van der Waals surface area (Å²) in [7, 11) is 1.47. The number of imidazole rings is 1. The number of hydrogen-bond donors (Lipinski definition) is 1. The molecule has 232 valence electrons. The quantitative estimate of drug-likeness (QED) is 0.121. The molecule has 0 fully saturated rings. The standard InChI is InChI=1S/C29H31N4O2S.C2HF3O3/c1-18-25(19-11-7-6-8-12-19)33-27(30-29(2,3)4)26-23-15-20-13-9-10-14-22(20)31(23)17-21(16-24(34)35-5)32(26)28(33)36-18;3-2(4,5)1(6)8-7/h6-15,21,30H,16-17H2,1-5H3;7H/q+1;/p-1. The van der Waals surface area contributed by atoms with Gasteiger partial charge in [0, 0.05) is 22.0 Å². The second-order valence-corrected chi connectivity index (χ2v) is 12.6. The lowest BCUT2D eigenvalue weighted by atomic mass is 10.1. The molecule has 44 heavy (non-hydrogen) atoms. The number of nitrogens with one attached hydrogen (secondary N) is 1. The maximum absolute atomic E-state index is 12.6. The first-order valence-corrected chi connectivity index (χ1v) is 14.6. The van der Waals surface area contributed by atoms with Gasteiger partial charge in [-0.15, -0.1) is 0 Å². The molecule has 0 radical (unpaired) electrons. The number of aromatic nitrogens is 3. The van der Waals surface area contributed by atoms with Crippen LogP contribution in [0.5, 0.6) is 0 Å². The Bertz CT molecular complexity index is 1850. The van der Waals surface area contributed by atoms with Crippen LogP contribution in [0.3, 0.4) is 0 Å². The predicted octanol–water partition coefficient (Wildman–Crippen LogP) is 5.58. The lowest BCUT2D eigenvalue weighted by Gasteiger charge is -2.25. The van der Waals surface area contributed by atoms with Crippen LogP contribution < -0.4 is 15.1 Å². The highest BCUT2D eigenvalue weighted by molar-refractivity contribution is 7.17. The molecule has 2 aromatic carbocycles. The summed E-state index contributed by atoms with van der Waals surface area (Å²) in [6.07, 6.45) is -4.85.